The minimum Gasteiger partial charge on any atom is -0.507 e. The Morgan fingerprint density at radius 3 is 2.52 bits per heavy atom. The highest BCUT2D eigenvalue weighted by atomic mass is 35.5. The number of nitrogens with zero attached hydrogens (tertiary/aromatic N) is 2. The highest BCUT2D eigenvalue weighted by molar-refractivity contribution is 6.43. The first-order valence-electron chi connectivity index (χ1n) is 6.52. The first-order chi connectivity index (χ1) is 11.1. The van der Waals surface area contributed by atoms with Crippen LogP contribution in [-0.2, 0) is 0 Å². The summed E-state index contributed by atoms with van der Waals surface area (Å²) in [5.74, 6) is 0.0139. The summed E-state index contributed by atoms with van der Waals surface area (Å²) in [5.41, 5.74) is 0.655. The van der Waals surface area contributed by atoms with Gasteiger partial charge in [-0.25, -0.2) is 0 Å². The number of nitrogens with one attached hydrogen (secondary N) is 2. The zero-order valence-corrected chi connectivity index (χ0v) is 13.1. The third kappa shape index (κ3) is 2.99. The van der Waals surface area contributed by atoms with Gasteiger partial charge in [-0.3, -0.25) is 15.0 Å². The van der Waals surface area contributed by atoms with Crippen molar-refractivity contribution in [1.29, 1.82) is 0 Å². The zero-order valence-electron chi connectivity index (χ0n) is 11.5. The Hall–Kier alpha value is -2.57. The van der Waals surface area contributed by atoms with Crippen LogP contribution in [0.4, 0.5) is 11.4 Å². The molecule has 1 heterocycles. The second kappa shape index (κ2) is 6.28. The molecule has 0 saturated carbocycles. The number of aromatic hydroxyl groups is 1. The molecule has 23 heavy (non-hydrogen) atoms. The molecule has 0 saturated heterocycles. The molecule has 3 rings (SSSR count). The molecule has 2 aromatic carbocycles. The molecule has 6 nitrogen and oxygen atoms in total. The summed E-state index contributed by atoms with van der Waals surface area (Å²) in [6, 6.07) is 11.5. The van der Waals surface area contributed by atoms with Crippen molar-refractivity contribution in [3.8, 4) is 17.0 Å². The third-order valence-corrected chi connectivity index (χ3v) is 3.92. The van der Waals surface area contributed by atoms with E-state index in [1.807, 2.05) is 0 Å². The summed E-state index contributed by atoms with van der Waals surface area (Å²) in [5, 5.41) is 23.5. The molecule has 0 aliphatic carbocycles. The summed E-state index contributed by atoms with van der Waals surface area (Å²) in [6.45, 7) is 0. The Kier molecular flexibility index (Phi) is 4.18. The van der Waals surface area contributed by atoms with Gasteiger partial charge in [0, 0.05) is 5.56 Å². The zero-order chi connectivity index (χ0) is 16.4. The highest BCUT2D eigenvalue weighted by Gasteiger charge is 2.14. The van der Waals surface area contributed by atoms with Crippen molar-refractivity contribution in [2.75, 3.05) is 0 Å². The molecule has 0 atom stereocenters. The SMILES string of the molecule is O=c1[nH][nH]c(-c2ccccc2O)c1N=Nc1cccc(Cl)c1Cl. The molecule has 8 heteroatoms. The van der Waals surface area contributed by atoms with E-state index < -0.39 is 5.56 Å². The van der Waals surface area contributed by atoms with Crippen LogP contribution in [0.2, 0.25) is 10.0 Å². The van der Waals surface area contributed by atoms with Crippen molar-refractivity contribution in [2.45, 2.75) is 0 Å². The van der Waals surface area contributed by atoms with Crippen LogP contribution in [0.5, 0.6) is 5.75 Å². The van der Waals surface area contributed by atoms with Crippen molar-refractivity contribution >= 4 is 34.6 Å². The molecule has 3 N–H and O–H groups in total. The van der Waals surface area contributed by atoms with Crippen molar-refractivity contribution in [3.63, 3.8) is 0 Å². The van der Waals surface area contributed by atoms with Crippen LogP contribution >= 0.6 is 23.2 Å². The first-order valence-corrected chi connectivity index (χ1v) is 7.28. The molecule has 116 valence electrons. The monoisotopic (exact) mass is 348 g/mol. The molecule has 0 bridgehead atoms. The van der Waals surface area contributed by atoms with Crippen LogP contribution in [-0.4, -0.2) is 15.3 Å². The Bertz CT molecular complexity index is 947. The number of hydrogen-bond acceptors (Lipinski definition) is 4. The van der Waals surface area contributed by atoms with Crippen molar-refractivity contribution in [3.05, 3.63) is 62.9 Å². The number of rotatable bonds is 3. The minimum absolute atomic E-state index is 0.0139. The molecule has 3 aromatic rings. The number of azo groups is 1. The van der Waals surface area contributed by atoms with Crippen molar-refractivity contribution in [1.82, 2.24) is 10.2 Å². The molecule has 0 radical (unpaired) electrons. The van der Waals surface area contributed by atoms with E-state index in [2.05, 4.69) is 20.4 Å². The van der Waals surface area contributed by atoms with Gasteiger partial charge in [0.25, 0.3) is 5.56 Å². The van der Waals surface area contributed by atoms with Gasteiger partial charge in [-0.05, 0) is 24.3 Å². The Balaban J connectivity index is 2.07. The van der Waals surface area contributed by atoms with Gasteiger partial charge in [-0.2, -0.15) is 0 Å². The third-order valence-electron chi connectivity index (χ3n) is 3.12. The molecular formula is C15H10Cl2N4O2. The molecule has 0 amide bonds. The quantitative estimate of drug-likeness (QED) is 0.593. The average Bonchev–Trinajstić information content (AvgIpc) is 2.90. The number of aromatic amines is 2. The van der Waals surface area contributed by atoms with Gasteiger partial charge in [0.05, 0.1) is 15.7 Å². The Morgan fingerprint density at radius 2 is 1.74 bits per heavy atom. The lowest BCUT2D eigenvalue weighted by atomic mass is 10.1. The van der Waals surface area contributed by atoms with Gasteiger partial charge in [0.1, 0.15) is 11.4 Å². The maximum atomic E-state index is 11.9. The lowest BCUT2D eigenvalue weighted by Crippen LogP contribution is -1.96. The molecule has 0 unspecified atom stereocenters. The number of aromatic nitrogens is 2. The van der Waals surface area contributed by atoms with Crippen LogP contribution in [0.15, 0.2) is 57.5 Å². The standard InChI is InChI=1S/C15H10Cl2N4O2/c16-9-5-3-6-10(12(9)17)18-20-14-13(19-21-15(14)23)8-4-1-2-7-11(8)22/h1-7,22H,(H2,19,21,23). The van der Waals surface area contributed by atoms with Crippen LogP contribution in [0.3, 0.4) is 0 Å². The first kappa shape index (κ1) is 15.3. The highest BCUT2D eigenvalue weighted by Crippen LogP contribution is 2.35. The molecule has 0 aliphatic heterocycles. The van der Waals surface area contributed by atoms with E-state index in [1.165, 1.54) is 6.07 Å². The smallest absolute Gasteiger partial charge is 0.292 e. The summed E-state index contributed by atoms with van der Waals surface area (Å²) in [7, 11) is 0. The maximum Gasteiger partial charge on any atom is 0.292 e. The van der Waals surface area contributed by atoms with E-state index in [-0.39, 0.29) is 16.5 Å². The second-order valence-electron chi connectivity index (χ2n) is 4.59. The normalized spacial score (nSPS) is 11.2. The summed E-state index contributed by atoms with van der Waals surface area (Å²) >= 11 is 11.9. The fraction of sp³-hybridized carbons (Fsp3) is 0. The lowest BCUT2D eigenvalue weighted by Gasteiger charge is -2.02. The number of halogens is 2. The van der Waals surface area contributed by atoms with E-state index in [0.717, 1.165) is 0 Å². The Morgan fingerprint density at radius 1 is 0.957 bits per heavy atom. The summed E-state index contributed by atoms with van der Waals surface area (Å²) in [4.78, 5) is 11.9. The van der Waals surface area contributed by atoms with Gasteiger partial charge in [0.2, 0.25) is 0 Å². The summed E-state index contributed by atoms with van der Waals surface area (Å²) < 4.78 is 0. The number of phenols is 1. The van der Waals surface area contributed by atoms with Crippen LogP contribution in [0, 0.1) is 0 Å². The van der Waals surface area contributed by atoms with Gasteiger partial charge in [0.15, 0.2) is 5.69 Å². The molecule has 0 spiro atoms. The minimum atomic E-state index is -0.467. The largest absolute Gasteiger partial charge is 0.507 e. The number of benzene rings is 2. The lowest BCUT2D eigenvalue weighted by molar-refractivity contribution is 0.477. The van der Waals surface area contributed by atoms with E-state index in [9.17, 15) is 9.90 Å². The Labute approximate surface area is 140 Å². The number of hydrogen-bond donors (Lipinski definition) is 3. The van der Waals surface area contributed by atoms with Crippen LogP contribution in [0.1, 0.15) is 0 Å². The van der Waals surface area contributed by atoms with E-state index in [0.29, 0.717) is 22.0 Å². The predicted octanol–water partition coefficient (Wildman–Crippen LogP) is 4.80. The van der Waals surface area contributed by atoms with Gasteiger partial charge >= 0.3 is 0 Å². The topological polar surface area (TPSA) is 93.6 Å². The van der Waals surface area contributed by atoms with Gasteiger partial charge in [-0.1, -0.05) is 41.4 Å². The van der Waals surface area contributed by atoms with E-state index in [1.54, 1.807) is 36.4 Å². The average molecular weight is 349 g/mol. The molecule has 0 fully saturated rings. The molecule has 0 aliphatic rings. The fourth-order valence-electron chi connectivity index (χ4n) is 2.00. The van der Waals surface area contributed by atoms with E-state index >= 15 is 0 Å². The summed E-state index contributed by atoms with van der Waals surface area (Å²) in [6.07, 6.45) is 0. The van der Waals surface area contributed by atoms with Gasteiger partial charge in [-0.15, -0.1) is 10.2 Å². The van der Waals surface area contributed by atoms with Crippen LogP contribution < -0.4 is 5.56 Å². The van der Waals surface area contributed by atoms with Crippen molar-refractivity contribution < 1.29 is 5.11 Å². The molecular weight excluding hydrogens is 339 g/mol. The van der Waals surface area contributed by atoms with Crippen LogP contribution in [0.25, 0.3) is 11.3 Å². The number of phenolic OH excluding ortho intramolecular Hbond substituents is 1. The maximum absolute atomic E-state index is 11.9. The number of H-pyrrole nitrogens is 2. The fourth-order valence-corrected chi connectivity index (χ4v) is 2.33. The molecule has 1 aromatic heterocycles. The number of para-hydroxylation sites is 1. The van der Waals surface area contributed by atoms with Crippen molar-refractivity contribution in [2.24, 2.45) is 10.2 Å². The second-order valence-corrected chi connectivity index (χ2v) is 5.38. The predicted molar refractivity (Wildman–Crippen MR) is 89.2 cm³/mol. The van der Waals surface area contributed by atoms with E-state index in [4.69, 9.17) is 23.2 Å². The van der Waals surface area contributed by atoms with Gasteiger partial charge < -0.3 is 5.11 Å².